The Balaban J connectivity index is 1.75. The van der Waals surface area contributed by atoms with Gasteiger partial charge in [0.1, 0.15) is 0 Å². The molecule has 1 fully saturated rings. The molecule has 0 aliphatic carbocycles. The number of ether oxygens (including phenoxy) is 1. The first-order valence-electron chi connectivity index (χ1n) is 7.06. The molecule has 110 valence electrons. The number of carbonyl (C=O) groups is 1. The molecule has 2 rings (SSSR count). The van der Waals surface area contributed by atoms with Crippen molar-refractivity contribution in [1.29, 1.82) is 0 Å². The van der Waals surface area contributed by atoms with Gasteiger partial charge >= 0.3 is 0 Å². The van der Waals surface area contributed by atoms with Crippen LogP contribution in [0.1, 0.15) is 18.4 Å². The molecule has 0 spiro atoms. The van der Waals surface area contributed by atoms with Crippen molar-refractivity contribution in [3.8, 4) is 0 Å². The van der Waals surface area contributed by atoms with Crippen molar-refractivity contribution in [2.45, 2.75) is 25.5 Å². The number of hydrogen-bond donors (Lipinski definition) is 2. The van der Waals surface area contributed by atoms with Gasteiger partial charge in [0, 0.05) is 25.4 Å². The second kappa shape index (κ2) is 7.38. The second-order valence-corrected chi connectivity index (χ2v) is 5.28. The number of rotatable bonds is 6. The predicted molar refractivity (Wildman–Crippen MR) is 79.4 cm³/mol. The third kappa shape index (κ3) is 4.59. The topological polar surface area (TPSA) is 67.6 Å². The highest BCUT2D eigenvalue weighted by Gasteiger charge is 2.18. The Kier molecular flexibility index (Phi) is 5.52. The third-order valence-electron chi connectivity index (χ3n) is 3.43. The molecule has 1 aromatic carbocycles. The summed E-state index contributed by atoms with van der Waals surface area (Å²) >= 11 is 0. The Morgan fingerprint density at radius 3 is 2.80 bits per heavy atom. The Morgan fingerprint density at radius 1 is 1.45 bits per heavy atom. The van der Waals surface area contributed by atoms with Crippen LogP contribution in [0.15, 0.2) is 24.3 Å². The number of nitrogens with zero attached hydrogens (tertiary/aromatic N) is 1. The molecular formula is C15H23N3O2. The highest BCUT2D eigenvalue weighted by Crippen LogP contribution is 2.13. The molecule has 1 aromatic rings. The Hall–Kier alpha value is -1.43. The maximum absolute atomic E-state index is 11.9. The van der Waals surface area contributed by atoms with E-state index >= 15 is 0 Å². The fourth-order valence-corrected chi connectivity index (χ4v) is 2.37. The standard InChI is InChI=1S/C15H23N3O2/c1-18(10-14-3-2-8-20-14)11-15(19)17-13-6-4-12(9-16)5-7-13/h4-7,14H,2-3,8-11,16H2,1H3,(H,17,19). The van der Waals surface area contributed by atoms with Gasteiger partial charge in [-0.25, -0.2) is 0 Å². The quantitative estimate of drug-likeness (QED) is 0.820. The minimum Gasteiger partial charge on any atom is -0.377 e. The monoisotopic (exact) mass is 277 g/mol. The van der Waals surface area contributed by atoms with Crippen LogP contribution in [0, 0.1) is 0 Å². The minimum atomic E-state index is -0.00834. The van der Waals surface area contributed by atoms with Gasteiger partial charge in [-0.1, -0.05) is 12.1 Å². The van der Waals surface area contributed by atoms with Crippen molar-refractivity contribution in [3.05, 3.63) is 29.8 Å². The van der Waals surface area contributed by atoms with Gasteiger partial charge in [-0.3, -0.25) is 9.69 Å². The molecule has 5 heteroatoms. The first-order chi connectivity index (χ1) is 9.67. The third-order valence-corrected chi connectivity index (χ3v) is 3.43. The first kappa shape index (κ1) is 15.0. The molecule has 5 nitrogen and oxygen atoms in total. The van der Waals surface area contributed by atoms with Crippen LogP contribution in [0.25, 0.3) is 0 Å². The van der Waals surface area contributed by atoms with E-state index in [0.29, 0.717) is 13.1 Å². The van der Waals surface area contributed by atoms with Crippen molar-refractivity contribution in [2.75, 3.05) is 32.1 Å². The van der Waals surface area contributed by atoms with Crippen LogP contribution in [0.3, 0.4) is 0 Å². The van der Waals surface area contributed by atoms with E-state index in [1.807, 2.05) is 36.2 Å². The summed E-state index contributed by atoms with van der Waals surface area (Å²) in [5.74, 6) is -0.00834. The first-order valence-corrected chi connectivity index (χ1v) is 7.06. The van der Waals surface area contributed by atoms with Crippen LogP contribution >= 0.6 is 0 Å². The van der Waals surface area contributed by atoms with Gasteiger partial charge in [-0.2, -0.15) is 0 Å². The predicted octanol–water partition coefficient (Wildman–Crippen LogP) is 1.19. The number of benzene rings is 1. The molecule has 0 saturated carbocycles. The molecule has 0 aromatic heterocycles. The van der Waals surface area contributed by atoms with Gasteiger partial charge in [0.2, 0.25) is 5.91 Å². The smallest absolute Gasteiger partial charge is 0.238 e. The molecule has 1 heterocycles. The van der Waals surface area contributed by atoms with E-state index < -0.39 is 0 Å². The lowest BCUT2D eigenvalue weighted by atomic mass is 10.2. The molecule has 20 heavy (non-hydrogen) atoms. The van der Waals surface area contributed by atoms with Crippen LogP contribution in [-0.4, -0.2) is 43.7 Å². The summed E-state index contributed by atoms with van der Waals surface area (Å²) in [6, 6.07) is 7.59. The van der Waals surface area contributed by atoms with Crippen molar-refractivity contribution >= 4 is 11.6 Å². The zero-order valence-electron chi connectivity index (χ0n) is 12.0. The largest absolute Gasteiger partial charge is 0.377 e. The lowest BCUT2D eigenvalue weighted by molar-refractivity contribution is -0.117. The van der Waals surface area contributed by atoms with Gasteiger partial charge in [-0.05, 0) is 37.6 Å². The van der Waals surface area contributed by atoms with Crippen molar-refractivity contribution in [3.63, 3.8) is 0 Å². The molecule has 0 bridgehead atoms. The Bertz CT molecular complexity index is 427. The Labute approximate surface area is 120 Å². The number of anilines is 1. The number of nitrogens with two attached hydrogens (primary N) is 1. The number of hydrogen-bond acceptors (Lipinski definition) is 4. The zero-order valence-corrected chi connectivity index (χ0v) is 12.0. The van der Waals surface area contributed by atoms with Crippen molar-refractivity contribution in [2.24, 2.45) is 5.73 Å². The lowest BCUT2D eigenvalue weighted by Gasteiger charge is -2.19. The molecule has 1 amide bonds. The maximum Gasteiger partial charge on any atom is 0.238 e. The fourth-order valence-electron chi connectivity index (χ4n) is 2.37. The highest BCUT2D eigenvalue weighted by atomic mass is 16.5. The van der Waals surface area contributed by atoms with E-state index in [9.17, 15) is 4.79 Å². The number of carbonyl (C=O) groups excluding carboxylic acids is 1. The summed E-state index contributed by atoms with van der Waals surface area (Å²) in [6.07, 6.45) is 2.49. The van der Waals surface area contributed by atoms with Gasteiger partial charge in [-0.15, -0.1) is 0 Å². The average molecular weight is 277 g/mol. The normalized spacial score (nSPS) is 18.4. The molecule has 0 radical (unpaired) electrons. The van der Waals surface area contributed by atoms with E-state index in [4.69, 9.17) is 10.5 Å². The van der Waals surface area contributed by atoms with E-state index in [1.54, 1.807) is 0 Å². The second-order valence-electron chi connectivity index (χ2n) is 5.28. The van der Waals surface area contributed by atoms with E-state index in [2.05, 4.69) is 5.32 Å². The van der Waals surface area contributed by atoms with E-state index in [1.165, 1.54) is 0 Å². The van der Waals surface area contributed by atoms with Crippen LogP contribution in [0.4, 0.5) is 5.69 Å². The van der Waals surface area contributed by atoms with Crippen LogP contribution in [0.5, 0.6) is 0 Å². The molecule has 1 saturated heterocycles. The summed E-state index contributed by atoms with van der Waals surface area (Å²) in [7, 11) is 1.94. The summed E-state index contributed by atoms with van der Waals surface area (Å²) in [6.45, 7) is 2.54. The van der Waals surface area contributed by atoms with Gasteiger partial charge in [0.15, 0.2) is 0 Å². The zero-order chi connectivity index (χ0) is 14.4. The molecular weight excluding hydrogens is 254 g/mol. The maximum atomic E-state index is 11.9. The molecule has 1 unspecified atom stereocenters. The molecule has 1 aliphatic rings. The van der Waals surface area contributed by atoms with Crippen molar-refractivity contribution < 1.29 is 9.53 Å². The minimum absolute atomic E-state index is 0.00834. The molecule has 1 aliphatic heterocycles. The van der Waals surface area contributed by atoms with Crippen LogP contribution in [0.2, 0.25) is 0 Å². The van der Waals surface area contributed by atoms with Crippen molar-refractivity contribution in [1.82, 2.24) is 4.90 Å². The Morgan fingerprint density at radius 2 is 2.20 bits per heavy atom. The van der Waals surface area contributed by atoms with Gasteiger partial charge in [0.25, 0.3) is 0 Å². The number of amides is 1. The van der Waals surface area contributed by atoms with E-state index in [-0.39, 0.29) is 12.0 Å². The summed E-state index contributed by atoms with van der Waals surface area (Å²) in [5, 5.41) is 2.89. The van der Waals surface area contributed by atoms with Crippen LogP contribution < -0.4 is 11.1 Å². The van der Waals surface area contributed by atoms with E-state index in [0.717, 1.165) is 37.2 Å². The molecule has 3 N–H and O–H groups in total. The number of likely N-dealkylation sites (N-methyl/N-ethyl adjacent to an activating group) is 1. The lowest BCUT2D eigenvalue weighted by Crippen LogP contribution is -2.35. The van der Waals surface area contributed by atoms with Crippen LogP contribution in [-0.2, 0) is 16.1 Å². The average Bonchev–Trinajstić information content (AvgIpc) is 2.92. The highest BCUT2D eigenvalue weighted by molar-refractivity contribution is 5.92. The van der Waals surface area contributed by atoms with Gasteiger partial charge in [0.05, 0.1) is 12.6 Å². The summed E-state index contributed by atoms with van der Waals surface area (Å²) in [5.41, 5.74) is 7.40. The summed E-state index contributed by atoms with van der Waals surface area (Å²) < 4.78 is 5.56. The van der Waals surface area contributed by atoms with Gasteiger partial charge < -0.3 is 15.8 Å². The fraction of sp³-hybridized carbons (Fsp3) is 0.533. The number of nitrogens with one attached hydrogen (secondary N) is 1. The summed E-state index contributed by atoms with van der Waals surface area (Å²) in [4.78, 5) is 13.9. The SMILES string of the molecule is CN(CC(=O)Nc1ccc(CN)cc1)CC1CCCO1. The molecule has 1 atom stereocenters.